The van der Waals surface area contributed by atoms with Crippen molar-refractivity contribution in [2.24, 2.45) is 0 Å². The maximum Gasteiger partial charge on any atom is 0.327 e. The number of hydrogen-bond acceptors (Lipinski definition) is 5. The van der Waals surface area contributed by atoms with Crippen molar-refractivity contribution in [3.05, 3.63) is 34.1 Å². The number of nitriles is 1. The summed E-state index contributed by atoms with van der Waals surface area (Å²) in [5.41, 5.74) is -0.816. The van der Waals surface area contributed by atoms with E-state index in [0.717, 1.165) is 6.07 Å². The lowest BCUT2D eigenvalue weighted by Gasteiger charge is -2.02. The molecule has 0 amide bonds. The van der Waals surface area contributed by atoms with Crippen LogP contribution in [0.25, 0.3) is 0 Å². The fraction of sp³-hybridized carbons (Fsp3) is 0.125. The highest BCUT2D eigenvalue weighted by Crippen LogP contribution is 2.23. The fourth-order valence-electron chi connectivity index (χ4n) is 1.02. The average Bonchev–Trinajstić information content (AvgIpc) is 2.18. The molecule has 7 nitrogen and oxygen atoms in total. The molecule has 1 aromatic rings. The number of carbonyl (C=O) groups is 1. The maximum atomic E-state index is 10.6. The molecule has 76 valence electrons. The second-order valence-corrected chi connectivity index (χ2v) is 2.57. The van der Waals surface area contributed by atoms with Crippen LogP contribution in [0.2, 0.25) is 0 Å². The van der Waals surface area contributed by atoms with Gasteiger partial charge in [-0.25, -0.2) is 0 Å². The SMILES string of the molecule is N#CC(C(=O)O)c1ncccc1[N+](=O)[O-]. The molecule has 0 radical (unpaired) electrons. The molecule has 0 aliphatic rings. The van der Waals surface area contributed by atoms with E-state index in [-0.39, 0.29) is 5.69 Å². The van der Waals surface area contributed by atoms with Crippen LogP contribution in [0.4, 0.5) is 5.69 Å². The zero-order valence-electron chi connectivity index (χ0n) is 7.32. The lowest BCUT2D eigenvalue weighted by atomic mass is 10.1. The van der Waals surface area contributed by atoms with E-state index in [1.807, 2.05) is 0 Å². The van der Waals surface area contributed by atoms with Gasteiger partial charge >= 0.3 is 5.97 Å². The van der Waals surface area contributed by atoms with Crippen LogP contribution < -0.4 is 0 Å². The molecule has 1 N–H and O–H groups in total. The lowest BCUT2D eigenvalue weighted by Crippen LogP contribution is -2.13. The van der Waals surface area contributed by atoms with Gasteiger partial charge < -0.3 is 5.11 Å². The maximum absolute atomic E-state index is 10.6. The molecule has 0 fully saturated rings. The molecule has 0 aliphatic heterocycles. The topological polar surface area (TPSA) is 117 Å². The molecule has 1 unspecified atom stereocenters. The van der Waals surface area contributed by atoms with E-state index in [0.29, 0.717) is 0 Å². The summed E-state index contributed by atoms with van der Waals surface area (Å²) in [5.74, 6) is -3.08. The predicted octanol–water partition coefficient (Wildman–Crippen LogP) is 0.682. The first-order valence-corrected chi connectivity index (χ1v) is 3.79. The van der Waals surface area contributed by atoms with Gasteiger partial charge in [0.25, 0.3) is 5.69 Å². The molecule has 7 heteroatoms. The molecule has 1 heterocycles. The molecule has 15 heavy (non-hydrogen) atoms. The largest absolute Gasteiger partial charge is 0.480 e. The number of carboxylic acid groups (broad SMARTS) is 1. The Labute approximate surface area is 83.7 Å². The van der Waals surface area contributed by atoms with Crippen molar-refractivity contribution in [2.75, 3.05) is 0 Å². The van der Waals surface area contributed by atoms with Crippen molar-refractivity contribution in [3.8, 4) is 6.07 Å². The first kappa shape index (κ1) is 10.6. The van der Waals surface area contributed by atoms with Crippen molar-refractivity contribution in [1.29, 1.82) is 5.26 Å². The highest BCUT2D eigenvalue weighted by Gasteiger charge is 2.28. The number of nitrogens with zero attached hydrogens (tertiary/aromatic N) is 3. The first-order valence-electron chi connectivity index (χ1n) is 3.79. The number of nitro groups is 1. The van der Waals surface area contributed by atoms with Gasteiger partial charge in [0.2, 0.25) is 0 Å². The molecule has 0 bridgehead atoms. The Hall–Kier alpha value is -2.49. The van der Waals surface area contributed by atoms with E-state index < -0.39 is 22.5 Å². The number of rotatable bonds is 3. The summed E-state index contributed by atoms with van der Waals surface area (Å²) in [5, 5.41) is 27.7. The Kier molecular flexibility index (Phi) is 2.93. The van der Waals surface area contributed by atoms with Crippen molar-refractivity contribution in [1.82, 2.24) is 4.98 Å². The van der Waals surface area contributed by atoms with Gasteiger partial charge in [0.1, 0.15) is 5.69 Å². The Morgan fingerprint density at radius 1 is 1.73 bits per heavy atom. The van der Waals surface area contributed by atoms with Gasteiger partial charge in [0.05, 0.1) is 11.0 Å². The van der Waals surface area contributed by atoms with E-state index in [4.69, 9.17) is 10.4 Å². The second kappa shape index (κ2) is 4.15. The van der Waals surface area contributed by atoms with Crippen molar-refractivity contribution in [3.63, 3.8) is 0 Å². The lowest BCUT2D eigenvalue weighted by molar-refractivity contribution is -0.386. The van der Waals surface area contributed by atoms with Crippen LogP contribution in [0.3, 0.4) is 0 Å². The second-order valence-electron chi connectivity index (χ2n) is 2.57. The molecule has 1 rings (SSSR count). The Morgan fingerprint density at radius 3 is 2.87 bits per heavy atom. The van der Waals surface area contributed by atoms with E-state index in [2.05, 4.69) is 4.98 Å². The van der Waals surface area contributed by atoms with Crippen LogP contribution in [0.15, 0.2) is 18.3 Å². The summed E-state index contributed by atoms with van der Waals surface area (Å²) in [6.45, 7) is 0. The summed E-state index contributed by atoms with van der Waals surface area (Å²) in [4.78, 5) is 23.9. The average molecular weight is 207 g/mol. The highest BCUT2D eigenvalue weighted by molar-refractivity contribution is 5.80. The molecule has 0 saturated heterocycles. The summed E-state index contributed by atoms with van der Waals surface area (Å²) in [6, 6.07) is 3.86. The monoisotopic (exact) mass is 207 g/mol. The molecule has 0 aliphatic carbocycles. The van der Waals surface area contributed by atoms with E-state index in [9.17, 15) is 14.9 Å². The zero-order valence-corrected chi connectivity index (χ0v) is 7.32. The van der Waals surface area contributed by atoms with Gasteiger partial charge in [-0.05, 0) is 6.07 Å². The number of carboxylic acids is 1. The minimum absolute atomic E-state index is 0.350. The molecule has 0 spiro atoms. The third-order valence-corrected chi connectivity index (χ3v) is 1.66. The van der Waals surface area contributed by atoms with Crippen molar-refractivity contribution >= 4 is 11.7 Å². The first-order chi connectivity index (χ1) is 7.07. The Bertz CT molecular complexity index is 451. The van der Waals surface area contributed by atoms with E-state index in [1.165, 1.54) is 18.3 Å². The molecule has 1 atom stereocenters. The molecule has 1 aromatic heterocycles. The summed E-state index contributed by atoms with van der Waals surface area (Å²) in [7, 11) is 0. The van der Waals surface area contributed by atoms with E-state index >= 15 is 0 Å². The Morgan fingerprint density at radius 2 is 2.40 bits per heavy atom. The molecule has 0 aromatic carbocycles. The third kappa shape index (κ3) is 2.05. The fourth-order valence-corrected chi connectivity index (χ4v) is 1.02. The van der Waals surface area contributed by atoms with Crippen LogP contribution in [-0.4, -0.2) is 21.0 Å². The van der Waals surface area contributed by atoms with E-state index in [1.54, 1.807) is 0 Å². The van der Waals surface area contributed by atoms with Gasteiger partial charge in [-0.1, -0.05) is 0 Å². The van der Waals surface area contributed by atoms with Crippen LogP contribution in [0.1, 0.15) is 11.6 Å². The molecular formula is C8H5N3O4. The van der Waals surface area contributed by atoms with Gasteiger partial charge in [-0.3, -0.25) is 19.9 Å². The number of aromatic nitrogens is 1. The number of hydrogen-bond donors (Lipinski definition) is 1. The van der Waals surface area contributed by atoms with Crippen LogP contribution in [-0.2, 0) is 4.79 Å². The Balaban J connectivity index is 3.30. The quantitative estimate of drug-likeness (QED) is 0.575. The van der Waals surface area contributed by atoms with Crippen molar-refractivity contribution < 1.29 is 14.8 Å². The van der Waals surface area contributed by atoms with Crippen LogP contribution in [0.5, 0.6) is 0 Å². The smallest absolute Gasteiger partial charge is 0.327 e. The summed E-state index contributed by atoms with van der Waals surface area (Å²) in [6.07, 6.45) is 1.20. The summed E-state index contributed by atoms with van der Waals surface area (Å²) < 4.78 is 0. The van der Waals surface area contributed by atoms with Gasteiger partial charge in [0.15, 0.2) is 5.92 Å². The number of pyridine rings is 1. The molecule has 0 saturated carbocycles. The minimum atomic E-state index is -1.62. The van der Waals surface area contributed by atoms with Gasteiger partial charge in [-0.15, -0.1) is 0 Å². The standard InChI is InChI=1S/C8H5N3O4/c9-4-5(8(12)13)7-6(11(14)15)2-1-3-10-7/h1-3,5H,(H,12,13). The van der Waals surface area contributed by atoms with Crippen LogP contribution >= 0.6 is 0 Å². The zero-order chi connectivity index (χ0) is 11.4. The minimum Gasteiger partial charge on any atom is -0.480 e. The molecular weight excluding hydrogens is 202 g/mol. The van der Waals surface area contributed by atoms with Gasteiger partial charge in [-0.2, -0.15) is 5.26 Å². The predicted molar refractivity (Wildman–Crippen MR) is 46.9 cm³/mol. The normalized spacial score (nSPS) is 11.4. The van der Waals surface area contributed by atoms with Gasteiger partial charge in [0, 0.05) is 12.3 Å². The summed E-state index contributed by atoms with van der Waals surface area (Å²) >= 11 is 0. The van der Waals surface area contributed by atoms with Crippen molar-refractivity contribution in [2.45, 2.75) is 5.92 Å². The number of aliphatic carboxylic acids is 1. The third-order valence-electron chi connectivity index (χ3n) is 1.66. The van der Waals surface area contributed by atoms with Crippen LogP contribution in [0, 0.1) is 21.4 Å². The highest BCUT2D eigenvalue weighted by atomic mass is 16.6.